The van der Waals surface area contributed by atoms with E-state index in [1.165, 1.54) is 32.4 Å². The third-order valence-electron chi connectivity index (χ3n) is 2.90. The summed E-state index contributed by atoms with van der Waals surface area (Å²) in [4.78, 5) is 0. The first-order valence-corrected chi connectivity index (χ1v) is 4.29. The standard InChI is InChI=1S/C8H16N2/c1-7-6-8(2-4-9-7)3-5-10-8/h7,9-10H,2-6H2,1H3. The molecule has 2 rings (SSSR count). The molecule has 2 aliphatic heterocycles. The molecule has 0 saturated carbocycles. The largest absolute Gasteiger partial charge is 0.314 e. The summed E-state index contributed by atoms with van der Waals surface area (Å²) in [5.74, 6) is 0. The summed E-state index contributed by atoms with van der Waals surface area (Å²) in [5, 5.41) is 7.02. The Balaban J connectivity index is 1.96. The zero-order chi connectivity index (χ0) is 7.03. The summed E-state index contributed by atoms with van der Waals surface area (Å²) in [6.45, 7) is 4.72. The minimum Gasteiger partial charge on any atom is -0.314 e. The van der Waals surface area contributed by atoms with Gasteiger partial charge in [-0.2, -0.15) is 0 Å². The maximum atomic E-state index is 3.55. The van der Waals surface area contributed by atoms with Gasteiger partial charge in [-0.15, -0.1) is 0 Å². The number of rotatable bonds is 0. The lowest BCUT2D eigenvalue weighted by Gasteiger charge is -2.48. The molecule has 0 aromatic rings. The van der Waals surface area contributed by atoms with Crippen molar-refractivity contribution in [3.8, 4) is 0 Å². The fourth-order valence-electron chi connectivity index (χ4n) is 2.18. The van der Waals surface area contributed by atoms with Crippen molar-refractivity contribution in [3.05, 3.63) is 0 Å². The lowest BCUT2D eigenvalue weighted by atomic mass is 9.77. The predicted molar refractivity (Wildman–Crippen MR) is 42.0 cm³/mol. The van der Waals surface area contributed by atoms with Crippen LogP contribution in [0.2, 0.25) is 0 Å². The molecule has 2 fully saturated rings. The van der Waals surface area contributed by atoms with E-state index < -0.39 is 0 Å². The fraction of sp³-hybridized carbons (Fsp3) is 1.00. The Morgan fingerprint density at radius 1 is 1.30 bits per heavy atom. The van der Waals surface area contributed by atoms with Gasteiger partial charge in [0.1, 0.15) is 0 Å². The summed E-state index contributed by atoms with van der Waals surface area (Å²) in [6.07, 6.45) is 4.06. The highest BCUT2D eigenvalue weighted by atomic mass is 15.1. The van der Waals surface area contributed by atoms with Gasteiger partial charge in [-0.25, -0.2) is 0 Å². The van der Waals surface area contributed by atoms with Crippen LogP contribution in [0, 0.1) is 0 Å². The van der Waals surface area contributed by atoms with Crippen LogP contribution in [0.5, 0.6) is 0 Å². The van der Waals surface area contributed by atoms with Crippen LogP contribution in [0.4, 0.5) is 0 Å². The summed E-state index contributed by atoms with van der Waals surface area (Å²) in [5.41, 5.74) is 0.560. The van der Waals surface area contributed by atoms with Crippen LogP contribution in [0.25, 0.3) is 0 Å². The van der Waals surface area contributed by atoms with Gasteiger partial charge in [0, 0.05) is 11.6 Å². The monoisotopic (exact) mass is 140 g/mol. The maximum absolute atomic E-state index is 3.55. The fourth-order valence-corrected chi connectivity index (χ4v) is 2.18. The molecule has 0 radical (unpaired) electrons. The summed E-state index contributed by atoms with van der Waals surface area (Å²) in [7, 11) is 0. The minimum atomic E-state index is 0.560. The van der Waals surface area contributed by atoms with Crippen LogP contribution < -0.4 is 10.6 Å². The van der Waals surface area contributed by atoms with E-state index in [9.17, 15) is 0 Å². The second kappa shape index (κ2) is 2.21. The Hall–Kier alpha value is -0.0800. The van der Waals surface area contributed by atoms with Crippen molar-refractivity contribution in [2.75, 3.05) is 13.1 Å². The minimum absolute atomic E-state index is 0.560. The van der Waals surface area contributed by atoms with Gasteiger partial charge in [0.15, 0.2) is 0 Å². The van der Waals surface area contributed by atoms with Crippen LogP contribution in [0.15, 0.2) is 0 Å². The first-order valence-electron chi connectivity index (χ1n) is 4.29. The van der Waals surface area contributed by atoms with Crippen molar-refractivity contribution in [1.29, 1.82) is 0 Å². The zero-order valence-electron chi connectivity index (χ0n) is 6.61. The predicted octanol–water partition coefficient (Wildman–Crippen LogP) is 0.490. The lowest BCUT2D eigenvalue weighted by Crippen LogP contribution is -2.63. The third kappa shape index (κ3) is 0.956. The van der Waals surface area contributed by atoms with Crippen LogP contribution in [-0.2, 0) is 0 Å². The van der Waals surface area contributed by atoms with Crippen LogP contribution in [-0.4, -0.2) is 24.7 Å². The molecule has 0 aromatic heterocycles. The molecule has 2 heterocycles. The molecule has 10 heavy (non-hydrogen) atoms. The molecular formula is C8H16N2. The Morgan fingerprint density at radius 2 is 2.10 bits per heavy atom. The van der Waals surface area contributed by atoms with Crippen molar-refractivity contribution in [2.45, 2.75) is 37.8 Å². The molecular weight excluding hydrogens is 124 g/mol. The Labute approximate surface area is 62.4 Å². The van der Waals surface area contributed by atoms with E-state index in [4.69, 9.17) is 0 Å². The smallest absolute Gasteiger partial charge is 0.0220 e. The third-order valence-corrected chi connectivity index (χ3v) is 2.90. The Kier molecular flexibility index (Phi) is 1.46. The maximum Gasteiger partial charge on any atom is 0.0220 e. The summed E-state index contributed by atoms with van der Waals surface area (Å²) < 4.78 is 0. The first-order chi connectivity index (χ1) is 4.81. The van der Waals surface area contributed by atoms with Crippen molar-refractivity contribution in [3.63, 3.8) is 0 Å². The molecule has 2 heteroatoms. The second-order valence-electron chi connectivity index (χ2n) is 3.77. The molecule has 58 valence electrons. The van der Waals surface area contributed by atoms with Crippen LogP contribution in [0.1, 0.15) is 26.2 Å². The highest BCUT2D eigenvalue weighted by Gasteiger charge is 2.39. The molecule has 2 atom stereocenters. The molecule has 2 nitrogen and oxygen atoms in total. The molecule has 0 bridgehead atoms. The SMILES string of the molecule is CC1CC2(CCN1)CCN2. The van der Waals surface area contributed by atoms with Gasteiger partial charge in [0.05, 0.1) is 0 Å². The van der Waals surface area contributed by atoms with E-state index in [0.717, 1.165) is 6.04 Å². The van der Waals surface area contributed by atoms with Crippen molar-refractivity contribution >= 4 is 0 Å². The van der Waals surface area contributed by atoms with Gasteiger partial charge in [-0.3, -0.25) is 0 Å². The topological polar surface area (TPSA) is 24.1 Å². The number of piperidine rings is 1. The van der Waals surface area contributed by atoms with Crippen LogP contribution in [0.3, 0.4) is 0 Å². The normalized spacial score (nSPS) is 47.1. The molecule has 2 unspecified atom stereocenters. The van der Waals surface area contributed by atoms with E-state index in [0.29, 0.717) is 5.54 Å². The number of nitrogens with one attached hydrogen (secondary N) is 2. The van der Waals surface area contributed by atoms with Gasteiger partial charge < -0.3 is 10.6 Å². The van der Waals surface area contributed by atoms with Gasteiger partial charge >= 0.3 is 0 Å². The molecule has 2 saturated heterocycles. The molecule has 2 N–H and O–H groups in total. The lowest BCUT2D eigenvalue weighted by molar-refractivity contribution is 0.131. The number of hydrogen-bond donors (Lipinski definition) is 2. The Morgan fingerprint density at radius 3 is 2.50 bits per heavy atom. The summed E-state index contributed by atoms with van der Waals surface area (Å²) in [6, 6.07) is 0.724. The zero-order valence-corrected chi connectivity index (χ0v) is 6.61. The van der Waals surface area contributed by atoms with Gasteiger partial charge in [-0.05, 0) is 39.3 Å². The average Bonchev–Trinajstić information content (AvgIpc) is 1.85. The van der Waals surface area contributed by atoms with E-state index in [1.807, 2.05) is 0 Å². The molecule has 2 aliphatic rings. The van der Waals surface area contributed by atoms with Crippen molar-refractivity contribution in [1.82, 2.24) is 10.6 Å². The highest BCUT2D eigenvalue weighted by Crippen LogP contribution is 2.30. The van der Waals surface area contributed by atoms with Gasteiger partial charge in [0.2, 0.25) is 0 Å². The van der Waals surface area contributed by atoms with E-state index >= 15 is 0 Å². The van der Waals surface area contributed by atoms with E-state index in [-0.39, 0.29) is 0 Å². The molecule has 0 aliphatic carbocycles. The molecule has 0 amide bonds. The average molecular weight is 140 g/mol. The Bertz CT molecular complexity index is 129. The molecule has 1 spiro atoms. The highest BCUT2D eigenvalue weighted by molar-refractivity contribution is 5.01. The van der Waals surface area contributed by atoms with Gasteiger partial charge in [0.25, 0.3) is 0 Å². The van der Waals surface area contributed by atoms with E-state index in [2.05, 4.69) is 17.6 Å². The van der Waals surface area contributed by atoms with Gasteiger partial charge in [-0.1, -0.05) is 0 Å². The van der Waals surface area contributed by atoms with Crippen molar-refractivity contribution in [2.24, 2.45) is 0 Å². The second-order valence-corrected chi connectivity index (χ2v) is 3.77. The quantitative estimate of drug-likeness (QED) is 0.511. The molecule has 0 aromatic carbocycles. The first kappa shape index (κ1) is 6.62. The summed E-state index contributed by atoms with van der Waals surface area (Å²) >= 11 is 0. The number of hydrogen-bond acceptors (Lipinski definition) is 2. The van der Waals surface area contributed by atoms with E-state index in [1.54, 1.807) is 0 Å². The van der Waals surface area contributed by atoms with Crippen molar-refractivity contribution < 1.29 is 0 Å². The van der Waals surface area contributed by atoms with Crippen LogP contribution >= 0.6 is 0 Å².